The Labute approximate surface area is 243 Å². The predicted molar refractivity (Wildman–Crippen MR) is 154 cm³/mol. The zero-order valence-electron chi connectivity index (χ0n) is 23.9. The van der Waals surface area contributed by atoms with Crippen LogP contribution in [0.2, 0.25) is 0 Å². The van der Waals surface area contributed by atoms with Crippen molar-refractivity contribution in [1.29, 1.82) is 0 Å². The predicted octanol–water partition coefficient (Wildman–Crippen LogP) is 2.73. The molecule has 1 saturated heterocycles. The number of likely N-dealkylation sites (N-methyl/N-ethyl adjacent to an activating group) is 2. The molecule has 0 bridgehead atoms. The number of halogens is 1. The maximum absolute atomic E-state index is 14.3. The van der Waals surface area contributed by atoms with E-state index in [0.29, 0.717) is 25.9 Å². The summed E-state index contributed by atoms with van der Waals surface area (Å²) in [5.74, 6) is -1.97. The van der Waals surface area contributed by atoms with Crippen LogP contribution in [0.4, 0.5) is 4.39 Å². The van der Waals surface area contributed by atoms with Gasteiger partial charge in [0.05, 0.1) is 18.2 Å². The van der Waals surface area contributed by atoms with Crippen LogP contribution in [0.3, 0.4) is 0 Å². The van der Waals surface area contributed by atoms with E-state index in [0.717, 1.165) is 29.0 Å². The van der Waals surface area contributed by atoms with Gasteiger partial charge in [-0.15, -0.1) is 0 Å². The average Bonchev–Trinajstić information content (AvgIpc) is 3.63. The second kappa shape index (κ2) is 12.6. The standard InChI is InChI=1S/C31H36FN5O5/c1-35-18-29(39)37-15-5-6-22(37)19-42-27-11-9-21(32)16-24(27)31(41)36(2)26(10-12-28(35)38)30(40)33-14-13-20-17-34-25-8-4-3-7-23(20)25/h3-4,7-9,11,16-17,22,26,34H,5-6,10,12-15,18-19H2,1-2H3,(H,33,40)/t22-,26-/m0/s1. The van der Waals surface area contributed by atoms with Gasteiger partial charge in [-0.1, -0.05) is 18.2 Å². The van der Waals surface area contributed by atoms with Crippen LogP contribution in [-0.4, -0.2) is 95.7 Å². The number of rotatable bonds is 4. The van der Waals surface area contributed by atoms with Gasteiger partial charge in [-0.25, -0.2) is 4.39 Å². The van der Waals surface area contributed by atoms with Gasteiger partial charge in [0.15, 0.2) is 0 Å². The minimum absolute atomic E-state index is 0.0242. The fourth-order valence-electron chi connectivity index (χ4n) is 5.76. The van der Waals surface area contributed by atoms with Gasteiger partial charge >= 0.3 is 0 Å². The lowest BCUT2D eigenvalue weighted by Crippen LogP contribution is -2.49. The molecule has 0 spiro atoms. The van der Waals surface area contributed by atoms with E-state index in [9.17, 15) is 23.6 Å². The Bertz CT molecular complexity index is 1490. The number of benzene rings is 2. The van der Waals surface area contributed by atoms with E-state index < -0.39 is 23.7 Å². The highest BCUT2D eigenvalue weighted by Crippen LogP contribution is 2.26. The SMILES string of the molecule is CN1CC(=O)N2CCC[C@H]2COc2ccc(F)cc2C(=O)N(C)[C@H](C(=O)NCCc2c[nH]c3ccccc23)CCC1=O. The van der Waals surface area contributed by atoms with Crippen LogP contribution in [-0.2, 0) is 20.8 Å². The zero-order valence-corrected chi connectivity index (χ0v) is 23.9. The number of hydrogen-bond acceptors (Lipinski definition) is 5. The lowest BCUT2D eigenvalue weighted by molar-refractivity contribution is -0.140. The van der Waals surface area contributed by atoms with Crippen LogP contribution in [0.1, 0.15) is 41.6 Å². The molecule has 0 radical (unpaired) electrons. The number of hydrogen-bond donors (Lipinski definition) is 2. The number of H-pyrrole nitrogens is 1. The molecule has 11 heteroatoms. The molecule has 1 fully saturated rings. The normalized spacial score (nSPS) is 20.5. The number of ether oxygens (including phenoxy) is 1. The van der Waals surface area contributed by atoms with E-state index in [-0.39, 0.29) is 55.2 Å². The quantitative estimate of drug-likeness (QED) is 0.495. The summed E-state index contributed by atoms with van der Waals surface area (Å²) in [6.45, 7) is 0.894. The maximum Gasteiger partial charge on any atom is 0.258 e. The number of aromatic nitrogens is 1. The van der Waals surface area contributed by atoms with Crippen LogP contribution in [0.15, 0.2) is 48.7 Å². The van der Waals surface area contributed by atoms with Crippen molar-refractivity contribution in [2.75, 3.05) is 40.3 Å². The number of carbonyl (C=O) groups is 4. The molecule has 0 saturated carbocycles. The molecule has 2 atom stereocenters. The highest BCUT2D eigenvalue weighted by molar-refractivity contribution is 5.99. The van der Waals surface area contributed by atoms with Crippen molar-refractivity contribution in [1.82, 2.24) is 25.0 Å². The molecule has 10 nitrogen and oxygen atoms in total. The second-order valence-electron chi connectivity index (χ2n) is 11.0. The molecule has 1 aromatic heterocycles. The number of aromatic amines is 1. The number of para-hydroxylation sites is 1. The van der Waals surface area contributed by atoms with E-state index in [4.69, 9.17) is 4.74 Å². The van der Waals surface area contributed by atoms with E-state index in [2.05, 4.69) is 10.3 Å². The summed E-state index contributed by atoms with van der Waals surface area (Å²) in [5.41, 5.74) is 2.02. The van der Waals surface area contributed by atoms with Gasteiger partial charge in [-0.3, -0.25) is 19.2 Å². The third-order valence-corrected chi connectivity index (χ3v) is 8.19. The van der Waals surface area contributed by atoms with E-state index in [1.165, 1.54) is 29.0 Å². The number of fused-ring (bicyclic) bond motifs is 3. The fraction of sp³-hybridized carbons (Fsp3) is 0.419. The first kappa shape index (κ1) is 29.1. The molecule has 3 heterocycles. The largest absolute Gasteiger partial charge is 0.491 e. The Hall–Kier alpha value is -4.41. The zero-order chi connectivity index (χ0) is 29.8. The minimum atomic E-state index is -1.02. The van der Waals surface area contributed by atoms with Crippen molar-refractivity contribution < 1.29 is 28.3 Å². The summed E-state index contributed by atoms with van der Waals surface area (Å²) in [7, 11) is 3.03. The molecule has 2 N–H and O–H groups in total. The van der Waals surface area contributed by atoms with Gasteiger partial charge in [0.2, 0.25) is 17.7 Å². The molecular formula is C31H36FN5O5. The average molecular weight is 578 g/mol. The summed E-state index contributed by atoms with van der Waals surface area (Å²) >= 11 is 0. The monoisotopic (exact) mass is 577 g/mol. The first-order valence-corrected chi connectivity index (χ1v) is 14.3. The van der Waals surface area contributed by atoms with Crippen molar-refractivity contribution in [3.05, 3.63) is 65.6 Å². The molecule has 0 aliphatic carbocycles. The molecule has 4 amide bonds. The Morgan fingerprint density at radius 2 is 1.90 bits per heavy atom. The van der Waals surface area contributed by atoms with Crippen molar-refractivity contribution >= 4 is 34.5 Å². The van der Waals surface area contributed by atoms with E-state index >= 15 is 0 Å². The van der Waals surface area contributed by atoms with Crippen molar-refractivity contribution in [3.8, 4) is 5.75 Å². The third-order valence-electron chi connectivity index (χ3n) is 8.19. The van der Waals surface area contributed by atoms with Gasteiger partial charge in [-0.05, 0) is 55.5 Å². The third kappa shape index (κ3) is 6.24. The lowest BCUT2D eigenvalue weighted by atomic mass is 10.1. The van der Waals surface area contributed by atoms with Gasteiger partial charge < -0.3 is 29.7 Å². The van der Waals surface area contributed by atoms with Crippen molar-refractivity contribution in [2.45, 2.75) is 44.2 Å². The molecule has 42 heavy (non-hydrogen) atoms. The topological polar surface area (TPSA) is 115 Å². The smallest absolute Gasteiger partial charge is 0.258 e. The molecule has 2 aliphatic rings. The molecule has 0 unspecified atom stereocenters. The van der Waals surface area contributed by atoms with Crippen LogP contribution < -0.4 is 10.1 Å². The number of nitrogens with zero attached hydrogens (tertiary/aromatic N) is 3. The van der Waals surface area contributed by atoms with Crippen LogP contribution >= 0.6 is 0 Å². The number of nitrogens with one attached hydrogen (secondary N) is 2. The maximum atomic E-state index is 14.3. The Balaban J connectivity index is 1.38. The molecule has 2 aromatic carbocycles. The Kier molecular flexibility index (Phi) is 8.75. The molecular weight excluding hydrogens is 541 g/mol. The van der Waals surface area contributed by atoms with Gasteiger partial charge in [0.25, 0.3) is 5.91 Å². The van der Waals surface area contributed by atoms with Crippen molar-refractivity contribution in [2.24, 2.45) is 0 Å². The summed E-state index contributed by atoms with van der Waals surface area (Å²) in [6, 6.07) is 10.3. The molecule has 3 aromatic rings. The van der Waals surface area contributed by atoms with E-state index in [1.807, 2.05) is 30.5 Å². The summed E-state index contributed by atoms with van der Waals surface area (Å²) in [6.07, 6.45) is 3.95. The molecule has 5 rings (SSSR count). The highest BCUT2D eigenvalue weighted by Gasteiger charge is 2.34. The Morgan fingerprint density at radius 1 is 1.10 bits per heavy atom. The summed E-state index contributed by atoms with van der Waals surface area (Å²) < 4.78 is 20.3. The molecule has 222 valence electrons. The number of amides is 4. The Morgan fingerprint density at radius 3 is 2.74 bits per heavy atom. The fourth-order valence-corrected chi connectivity index (χ4v) is 5.76. The summed E-state index contributed by atoms with van der Waals surface area (Å²) in [4.78, 5) is 60.8. The number of carbonyl (C=O) groups excluding carboxylic acids is 4. The summed E-state index contributed by atoms with van der Waals surface area (Å²) in [5, 5.41) is 3.97. The lowest BCUT2D eigenvalue weighted by Gasteiger charge is -2.28. The first-order valence-electron chi connectivity index (χ1n) is 14.3. The van der Waals surface area contributed by atoms with Gasteiger partial charge in [0, 0.05) is 50.7 Å². The molecule has 2 aliphatic heterocycles. The van der Waals surface area contributed by atoms with Gasteiger partial charge in [-0.2, -0.15) is 0 Å². The van der Waals surface area contributed by atoms with Gasteiger partial charge in [0.1, 0.15) is 24.2 Å². The first-order chi connectivity index (χ1) is 20.2. The second-order valence-corrected chi connectivity index (χ2v) is 11.0. The van der Waals surface area contributed by atoms with E-state index in [1.54, 1.807) is 11.9 Å². The van der Waals surface area contributed by atoms with Crippen molar-refractivity contribution in [3.63, 3.8) is 0 Å². The van der Waals surface area contributed by atoms with Crippen LogP contribution in [0.5, 0.6) is 5.75 Å². The highest BCUT2D eigenvalue weighted by atomic mass is 19.1. The van der Waals surface area contributed by atoms with Crippen LogP contribution in [0.25, 0.3) is 10.9 Å². The van der Waals surface area contributed by atoms with Crippen LogP contribution in [0, 0.1) is 5.82 Å². The minimum Gasteiger partial charge on any atom is -0.491 e.